The minimum absolute atomic E-state index is 0.151. The number of non-ortho nitro benzene ring substituents is 1. The lowest BCUT2D eigenvalue weighted by Crippen LogP contribution is -2.14. The molecule has 0 spiro atoms. The van der Waals surface area contributed by atoms with Gasteiger partial charge in [0.05, 0.1) is 10.7 Å². The van der Waals surface area contributed by atoms with Crippen LogP contribution in [0.25, 0.3) is 22.6 Å². The summed E-state index contributed by atoms with van der Waals surface area (Å²) in [6.45, 7) is 0. The largest absolute Gasteiger partial charge is 0.436 e. The Kier molecular flexibility index (Phi) is 7.14. The number of amides is 2. The van der Waals surface area contributed by atoms with E-state index in [1.165, 1.54) is 36.0 Å². The van der Waals surface area contributed by atoms with Gasteiger partial charge in [0.25, 0.3) is 11.6 Å². The average molecular weight is 525 g/mol. The van der Waals surface area contributed by atoms with E-state index in [1.54, 1.807) is 36.4 Å². The Hall–Kier alpha value is -4.96. The van der Waals surface area contributed by atoms with Gasteiger partial charge in [0.15, 0.2) is 5.58 Å². The van der Waals surface area contributed by atoms with E-state index >= 15 is 0 Å². The molecule has 0 aliphatic carbocycles. The first-order valence-corrected chi connectivity index (χ1v) is 12.5. The van der Waals surface area contributed by atoms with Crippen LogP contribution in [-0.4, -0.2) is 27.5 Å². The lowest BCUT2D eigenvalue weighted by molar-refractivity contribution is -0.384. The number of rotatable bonds is 8. The molecule has 0 radical (unpaired) electrons. The zero-order chi connectivity index (χ0) is 26.5. The van der Waals surface area contributed by atoms with Gasteiger partial charge in [-0.2, -0.15) is 0 Å². The number of benzene rings is 4. The number of carbonyl (C=O) groups excluding carboxylic acids is 2. The minimum Gasteiger partial charge on any atom is -0.436 e. The van der Waals surface area contributed by atoms with Gasteiger partial charge in [0, 0.05) is 39.5 Å². The summed E-state index contributed by atoms with van der Waals surface area (Å²) in [5, 5.41) is 16.5. The molecule has 38 heavy (non-hydrogen) atoms. The van der Waals surface area contributed by atoms with Gasteiger partial charge in [-0.15, -0.1) is 11.8 Å². The third-order valence-electron chi connectivity index (χ3n) is 5.51. The van der Waals surface area contributed by atoms with Crippen LogP contribution < -0.4 is 10.6 Å². The molecule has 1 heterocycles. The molecule has 2 amide bonds. The Bertz CT molecular complexity index is 1600. The smallest absolute Gasteiger partial charge is 0.270 e. The zero-order valence-electron chi connectivity index (χ0n) is 19.8. The van der Waals surface area contributed by atoms with Crippen molar-refractivity contribution in [1.29, 1.82) is 0 Å². The topological polar surface area (TPSA) is 127 Å². The maximum Gasteiger partial charge on any atom is 0.270 e. The summed E-state index contributed by atoms with van der Waals surface area (Å²) in [5.41, 5.74) is 3.55. The highest BCUT2D eigenvalue weighted by atomic mass is 32.2. The first-order chi connectivity index (χ1) is 18.4. The molecule has 0 saturated heterocycles. The van der Waals surface area contributed by atoms with Crippen LogP contribution in [0.1, 0.15) is 10.4 Å². The van der Waals surface area contributed by atoms with Crippen molar-refractivity contribution in [3.63, 3.8) is 0 Å². The molecular weight excluding hydrogens is 504 g/mol. The van der Waals surface area contributed by atoms with Crippen LogP contribution in [0.5, 0.6) is 0 Å². The number of fused-ring (bicyclic) bond motifs is 1. The molecule has 0 atom stereocenters. The zero-order valence-corrected chi connectivity index (χ0v) is 20.6. The maximum atomic E-state index is 12.4. The Morgan fingerprint density at radius 2 is 1.58 bits per heavy atom. The molecular formula is C28H20N4O5S. The second-order valence-corrected chi connectivity index (χ2v) is 9.24. The molecule has 4 aromatic carbocycles. The van der Waals surface area contributed by atoms with Crippen LogP contribution in [0.3, 0.4) is 0 Å². The number of aromatic nitrogens is 1. The van der Waals surface area contributed by atoms with Gasteiger partial charge in [-0.25, -0.2) is 4.98 Å². The van der Waals surface area contributed by atoms with Gasteiger partial charge in [-0.3, -0.25) is 19.7 Å². The molecule has 0 unspecified atom stereocenters. The van der Waals surface area contributed by atoms with Crippen molar-refractivity contribution in [1.82, 2.24) is 4.98 Å². The maximum absolute atomic E-state index is 12.4. The van der Waals surface area contributed by atoms with Crippen molar-refractivity contribution >= 4 is 51.7 Å². The van der Waals surface area contributed by atoms with E-state index in [-0.39, 0.29) is 22.9 Å². The number of nitro benzene ring substituents is 1. The number of para-hydroxylation sites is 2. The second kappa shape index (κ2) is 11.0. The van der Waals surface area contributed by atoms with Crippen molar-refractivity contribution in [3.8, 4) is 11.5 Å². The number of thioether (sulfide) groups is 1. The normalized spacial score (nSPS) is 10.7. The summed E-state index contributed by atoms with van der Waals surface area (Å²) in [6, 6.07) is 27.3. The molecule has 5 rings (SSSR count). The molecule has 0 saturated carbocycles. The van der Waals surface area contributed by atoms with Crippen LogP contribution in [-0.2, 0) is 4.79 Å². The van der Waals surface area contributed by atoms with Crippen molar-refractivity contribution in [2.75, 3.05) is 16.4 Å². The molecule has 10 heteroatoms. The highest BCUT2D eigenvalue weighted by Gasteiger charge is 2.12. The third-order valence-corrected chi connectivity index (χ3v) is 6.52. The summed E-state index contributed by atoms with van der Waals surface area (Å²) in [6.07, 6.45) is 0. The Labute approximate surface area is 221 Å². The van der Waals surface area contributed by atoms with Crippen LogP contribution in [0.2, 0.25) is 0 Å². The van der Waals surface area contributed by atoms with Gasteiger partial charge in [-0.1, -0.05) is 18.2 Å². The molecule has 5 aromatic rings. The van der Waals surface area contributed by atoms with E-state index in [4.69, 9.17) is 4.42 Å². The van der Waals surface area contributed by atoms with E-state index in [0.29, 0.717) is 17.3 Å². The monoisotopic (exact) mass is 524 g/mol. The number of carbonyl (C=O) groups is 2. The standard InChI is InChI=1S/C28H20N4O5S/c33-26(29-20-10-8-18(9-11-20)28-31-24-6-1-2-7-25(24)37-28)17-38-23-14-12-21(13-15-23)30-27(34)19-4-3-5-22(16-19)32(35)36/h1-16H,17H2,(H,29,33)(H,30,34). The lowest BCUT2D eigenvalue weighted by atomic mass is 10.2. The van der Waals surface area contributed by atoms with E-state index in [1.807, 2.05) is 36.4 Å². The Balaban J connectivity index is 1.12. The summed E-state index contributed by atoms with van der Waals surface area (Å²) >= 11 is 1.35. The van der Waals surface area contributed by atoms with Gasteiger partial charge in [0.1, 0.15) is 5.52 Å². The predicted octanol–water partition coefficient (Wildman–Crippen LogP) is 6.39. The second-order valence-electron chi connectivity index (χ2n) is 8.19. The van der Waals surface area contributed by atoms with Crippen molar-refractivity contribution in [2.45, 2.75) is 4.90 Å². The highest BCUT2D eigenvalue weighted by molar-refractivity contribution is 8.00. The van der Waals surface area contributed by atoms with E-state index in [2.05, 4.69) is 15.6 Å². The fourth-order valence-electron chi connectivity index (χ4n) is 3.64. The van der Waals surface area contributed by atoms with Crippen molar-refractivity contribution in [2.24, 2.45) is 0 Å². The molecule has 9 nitrogen and oxygen atoms in total. The number of anilines is 2. The van der Waals surface area contributed by atoms with Crippen molar-refractivity contribution in [3.05, 3.63) is 113 Å². The predicted molar refractivity (Wildman–Crippen MR) is 146 cm³/mol. The van der Waals surface area contributed by atoms with Gasteiger partial charge in [0.2, 0.25) is 11.8 Å². The Morgan fingerprint density at radius 1 is 0.868 bits per heavy atom. The fraction of sp³-hybridized carbons (Fsp3) is 0.0357. The third kappa shape index (κ3) is 5.88. The highest BCUT2D eigenvalue weighted by Crippen LogP contribution is 2.26. The molecule has 0 aliphatic heterocycles. The molecule has 1 aromatic heterocycles. The number of nitrogens with one attached hydrogen (secondary N) is 2. The minimum atomic E-state index is -0.548. The van der Waals surface area contributed by atoms with Gasteiger partial charge < -0.3 is 15.1 Å². The lowest BCUT2D eigenvalue weighted by Gasteiger charge is -2.08. The van der Waals surface area contributed by atoms with Crippen LogP contribution >= 0.6 is 11.8 Å². The van der Waals surface area contributed by atoms with Crippen molar-refractivity contribution < 1.29 is 18.9 Å². The number of nitrogens with zero attached hydrogens (tertiary/aromatic N) is 2. The average Bonchev–Trinajstić information content (AvgIpc) is 3.37. The first kappa shape index (κ1) is 24.7. The molecule has 0 bridgehead atoms. The summed E-state index contributed by atoms with van der Waals surface area (Å²) in [7, 11) is 0. The Morgan fingerprint density at radius 3 is 2.32 bits per heavy atom. The molecule has 0 fully saturated rings. The fourth-order valence-corrected chi connectivity index (χ4v) is 4.33. The van der Waals surface area contributed by atoms with Gasteiger partial charge >= 0.3 is 0 Å². The quantitative estimate of drug-likeness (QED) is 0.137. The van der Waals surface area contributed by atoms with E-state index in [9.17, 15) is 19.7 Å². The summed E-state index contributed by atoms with van der Waals surface area (Å²) in [5.74, 6) is 0.110. The van der Waals surface area contributed by atoms with E-state index < -0.39 is 10.8 Å². The number of hydrogen-bond acceptors (Lipinski definition) is 7. The molecule has 0 aliphatic rings. The first-order valence-electron chi connectivity index (χ1n) is 11.5. The molecule has 188 valence electrons. The van der Waals surface area contributed by atoms with Crippen LogP contribution in [0.4, 0.5) is 17.1 Å². The number of oxazole rings is 1. The van der Waals surface area contributed by atoms with Gasteiger partial charge in [-0.05, 0) is 66.7 Å². The molecule has 2 N–H and O–H groups in total. The van der Waals surface area contributed by atoms with E-state index in [0.717, 1.165) is 21.6 Å². The van der Waals surface area contributed by atoms with Crippen LogP contribution in [0, 0.1) is 10.1 Å². The summed E-state index contributed by atoms with van der Waals surface area (Å²) in [4.78, 5) is 40.5. The number of hydrogen-bond donors (Lipinski definition) is 2. The van der Waals surface area contributed by atoms with Crippen LogP contribution in [0.15, 0.2) is 106 Å². The summed E-state index contributed by atoms with van der Waals surface area (Å²) < 4.78 is 5.78. The SMILES string of the molecule is O=C(CSc1ccc(NC(=O)c2cccc([N+](=O)[O-])c2)cc1)Nc1ccc(-c2nc3ccccc3o2)cc1. The number of nitro groups is 1.